The Labute approximate surface area is 538 Å². The van der Waals surface area contributed by atoms with E-state index in [1.165, 1.54) is 161 Å². The van der Waals surface area contributed by atoms with Crippen molar-refractivity contribution in [2.75, 3.05) is 40.9 Å². The van der Waals surface area contributed by atoms with Gasteiger partial charge in [0.25, 0.3) is 7.82 Å². The Balaban J connectivity index is 5.05. The van der Waals surface area contributed by atoms with E-state index in [2.05, 4.69) is 123 Å². The minimum atomic E-state index is -4.71. The number of carbonyl (C=O) groups excluding carboxylic acids is 2. The highest BCUT2D eigenvalue weighted by Gasteiger charge is 2.27. The number of carbonyl (C=O) groups is 2. The summed E-state index contributed by atoms with van der Waals surface area (Å²) in [6.45, 7) is 6.79. The monoisotopic (exact) mass is 1230 g/mol. The third-order valence-electron chi connectivity index (χ3n) is 15.7. The Morgan fingerprint density at radius 1 is 0.402 bits per heavy atom. The second-order valence-corrected chi connectivity index (χ2v) is 26.8. The summed E-state index contributed by atoms with van der Waals surface area (Å²) in [7, 11) is 1.17. The maximum Gasteiger partial charge on any atom is 0.306 e. The SMILES string of the molecule is CCCCC/C=C\C/C=C\C/C=C\C/C=C\CCCCCCCCCCCC(=O)NC(COP(=O)([O-])OCC[N+](C)(C)C)C(/C=C/CCCCCCCCCCC)OC(=O)CCCCCCCCCCC/C=C\C/C=C\C/C=C\C/C=C\CCCCC. The predicted molar refractivity (Wildman–Crippen MR) is 376 cm³/mol. The number of phosphoric ester groups is 1. The lowest BCUT2D eigenvalue weighted by Gasteiger charge is -2.30. The molecule has 3 unspecified atom stereocenters. The first-order valence-corrected chi connectivity index (χ1v) is 37.7. The standard InChI is InChI=1S/C77H137N2O7P/c1-7-10-13-16-19-22-25-27-29-31-33-35-37-39-41-43-45-47-49-51-54-57-60-63-66-69-76(80)78-74(73-85-87(82,83)84-72-71-79(4,5)6)75(68-65-62-59-56-53-24-21-18-15-12-9-3)86-77(81)70-67-64-61-58-55-52-50-48-46-44-42-40-38-36-34-32-30-28-26-23-20-17-14-11-8-2/h19-20,22-23,27-30,33-36,39-42,65,68,74-75H,7-18,21,24-26,31-32,37-38,43-64,66-67,69-73H2,1-6H3,(H-,78,80,82,83)/b22-19-,23-20-,29-27-,30-28-,35-33-,36-34-,41-39-,42-40-,68-65+. The van der Waals surface area contributed by atoms with E-state index in [0.717, 1.165) is 122 Å². The Bertz CT molecular complexity index is 1860. The molecule has 0 aliphatic rings. The van der Waals surface area contributed by atoms with Crippen LogP contribution in [0.1, 0.15) is 316 Å². The van der Waals surface area contributed by atoms with E-state index < -0.39 is 26.6 Å². The molecule has 1 N–H and O–H groups in total. The van der Waals surface area contributed by atoms with E-state index in [0.29, 0.717) is 17.4 Å². The normalized spacial score (nSPS) is 14.1. The molecule has 0 bridgehead atoms. The van der Waals surface area contributed by atoms with Crippen molar-refractivity contribution in [2.24, 2.45) is 0 Å². The third-order valence-corrected chi connectivity index (χ3v) is 16.6. The maximum atomic E-state index is 13.6. The number of hydrogen-bond donors (Lipinski definition) is 1. The first kappa shape index (κ1) is 83.7. The number of likely N-dealkylation sites (N-methyl/N-ethyl adjacent to an activating group) is 1. The van der Waals surface area contributed by atoms with Crippen molar-refractivity contribution < 1.29 is 37.3 Å². The second kappa shape index (κ2) is 65.6. The number of quaternary nitrogens is 1. The van der Waals surface area contributed by atoms with Crippen LogP contribution in [-0.2, 0) is 27.9 Å². The minimum Gasteiger partial charge on any atom is -0.756 e. The number of esters is 1. The zero-order valence-electron chi connectivity index (χ0n) is 57.4. The number of allylic oxidation sites excluding steroid dienone is 17. The van der Waals surface area contributed by atoms with Crippen LogP contribution in [0.3, 0.4) is 0 Å². The van der Waals surface area contributed by atoms with Gasteiger partial charge in [-0.3, -0.25) is 14.2 Å². The molecule has 0 fully saturated rings. The number of ether oxygens (including phenoxy) is 1. The molecule has 3 atom stereocenters. The van der Waals surface area contributed by atoms with Gasteiger partial charge in [0.1, 0.15) is 19.3 Å². The fraction of sp³-hybridized carbons (Fsp3) is 0.740. The molecule has 0 aromatic rings. The van der Waals surface area contributed by atoms with Gasteiger partial charge in [-0.05, 0) is 122 Å². The van der Waals surface area contributed by atoms with Crippen LogP contribution in [0.15, 0.2) is 109 Å². The van der Waals surface area contributed by atoms with E-state index in [1.54, 1.807) is 0 Å². The summed E-state index contributed by atoms with van der Waals surface area (Å²) in [5.41, 5.74) is 0. The number of unbranched alkanes of at least 4 members (excludes halogenated alkanes) is 33. The Kier molecular flexibility index (Phi) is 63.1. The summed E-state index contributed by atoms with van der Waals surface area (Å²) in [6, 6.07) is -0.902. The smallest absolute Gasteiger partial charge is 0.306 e. The van der Waals surface area contributed by atoms with Gasteiger partial charge in [-0.25, -0.2) is 0 Å². The molecule has 0 aromatic heterocycles. The molecule has 0 spiro atoms. The number of amides is 1. The topological polar surface area (TPSA) is 114 Å². The molecule has 0 aliphatic heterocycles. The van der Waals surface area contributed by atoms with Gasteiger partial charge >= 0.3 is 5.97 Å². The van der Waals surface area contributed by atoms with E-state index in [-0.39, 0.29) is 24.9 Å². The number of hydrogen-bond acceptors (Lipinski definition) is 7. The van der Waals surface area contributed by atoms with Crippen LogP contribution in [0, 0.1) is 0 Å². The first-order chi connectivity index (χ1) is 42.4. The molecule has 0 aromatic carbocycles. The fourth-order valence-corrected chi connectivity index (χ4v) is 10.8. The molecule has 0 radical (unpaired) electrons. The Morgan fingerprint density at radius 2 is 0.701 bits per heavy atom. The van der Waals surface area contributed by atoms with Crippen LogP contribution in [0.2, 0.25) is 0 Å². The number of phosphoric acid groups is 1. The van der Waals surface area contributed by atoms with E-state index >= 15 is 0 Å². The zero-order valence-corrected chi connectivity index (χ0v) is 58.3. The number of nitrogens with zero attached hydrogens (tertiary/aromatic N) is 1. The molecular formula is C77H137N2O7P. The molecule has 0 rings (SSSR count). The largest absolute Gasteiger partial charge is 0.756 e. The van der Waals surface area contributed by atoms with Crippen LogP contribution >= 0.6 is 7.82 Å². The number of nitrogens with one attached hydrogen (secondary N) is 1. The molecular weight excluding hydrogens is 1100 g/mol. The summed E-state index contributed by atoms with van der Waals surface area (Å²) in [5, 5.41) is 3.04. The maximum absolute atomic E-state index is 13.6. The van der Waals surface area contributed by atoms with Gasteiger partial charge in [-0.2, -0.15) is 0 Å². The summed E-state index contributed by atoms with van der Waals surface area (Å²) in [5.74, 6) is -0.554. The minimum absolute atomic E-state index is 0.0293. The highest BCUT2D eigenvalue weighted by atomic mass is 31.2. The average Bonchev–Trinajstić information content (AvgIpc) is 3.70. The number of rotatable bonds is 65. The van der Waals surface area contributed by atoms with Crippen LogP contribution in [0.5, 0.6) is 0 Å². The van der Waals surface area contributed by atoms with E-state index in [9.17, 15) is 19.0 Å². The third kappa shape index (κ3) is 66.9. The molecule has 0 saturated carbocycles. The van der Waals surface area contributed by atoms with Gasteiger partial charge in [0, 0.05) is 12.8 Å². The molecule has 10 heteroatoms. The van der Waals surface area contributed by atoms with Crippen molar-refractivity contribution in [3.05, 3.63) is 109 Å². The summed E-state index contributed by atoms with van der Waals surface area (Å²) >= 11 is 0. The van der Waals surface area contributed by atoms with Crippen molar-refractivity contribution >= 4 is 19.7 Å². The van der Waals surface area contributed by atoms with Crippen molar-refractivity contribution in [1.29, 1.82) is 0 Å². The molecule has 0 saturated heterocycles. The van der Waals surface area contributed by atoms with Crippen molar-refractivity contribution in [2.45, 2.75) is 328 Å². The lowest BCUT2D eigenvalue weighted by atomic mass is 10.0. The van der Waals surface area contributed by atoms with Crippen LogP contribution in [-0.4, -0.2) is 69.4 Å². The molecule has 502 valence electrons. The quantitative estimate of drug-likeness (QED) is 0.0212. The van der Waals surface area contributed by atoms with Gasteiger partial charge in [0.2, 0.25) is 5.91 Å². The first-order valence-electron chi connectivity index (χ1n) is 36.2. The van der Waals surface area contributed by atoms with Crippen molar-refractivity contribution in [1.82, 2.24) is 5.32 Å². The van der Waals surface area contributed by atoms with Gasteiger partial charge < -0.3 is 28.5 Å². The van der Waals surface area contributed by atoms with Gasteiger partial charge in [0.05, 0.1) is 33.8 Å². The molecule has 9 nitrogen and oxygen atoms in total. The molecule has 0 heterocycles. The van der Waals surface area contributed by atoms with E-state index in [4.69, 9.17) is 13.8 Å². The zero-order chi connectivity index (χ0) is 63.5. The van der Waals surface area contributed by atoms with Crippen molar-refractivity contribution in [3.8, 4) is 0 Å². The van der Waals surface area contributed by atoms with Crippen LogP contribution < -0.4 is 10.2 Å². The Hall–Kier alpha value is -3.33. The summed E-state index contributed by atoms with van der Waals surface area (Å²) < 4.78 is 30.4. The highest BCUT2D eigenvalue weighted by Crippen LogP contribution is 2.38. The fourth-order valence-electron chi connectivity index (χ4n) is 10.1. The van der Waals surface area contributed by atoms with Crippen LogP contribution in [0.25, 0.3) is 0 Å². The summed E-state index contributed by atoms with van der Waals surface area (Å²) in [4.78, 5) is 40.2. The van der Waals surface area contributed by atoms with Crippen LogP contribution in [0.4, 0.5) is 0 Å². The second-order valence-electron chi connectivity index (χ2n) is 25.4. The highest BCUT2D eigenvalue weighted by molar-refractivity contribution is 7.45. The van der Waals surface area contributed by atoms with Gasteiger partial charge in [-0.15, -0.1) is 0 Å². The van der Waals surface area contributed by atoms with Gasteiger partial charge in [0.15, 0.2) is 0 Å². The molecule has 87 heavy (non-hydrogen) atoms. The van der Waals surface area contributed by atoms with Crippen molar-refractivity contribution in [3.63, 3.8) is 0 Å². The molecule has 1 amide bonds. The Morgan fingerprint density at radius 3 is 1.07 bits per heavy atom. The van der Waals surface area contributed by atoms with E-state index in [1.807, 2.05) is 33.3 Å². The lowest BCUT2D eigenvalue weighted by Crippen LogP contribution is -2.47. The predicted octanol–water partition coefficient (Wildman–Crippen LogP) is 22.6. The lowest BCUT2D eigenvalue weighted by molar-refractivity contribution is -0.870. The van der Waals surface area contributed by atoms with Gasteiger partial charge in [-0.1, -0.05) is 291 Å². The summed E-state index contributed by atoms with van der Waals surface area (Å²) in [6.07, 6.45) is 90.6. The average molecular weight is 1230 g/mol. The molecule has 0 aliphatic carbocycles.